The van der Waals surface area contributed by atoms with Crippen molar-refractivity contribution in [3.05, 3.63) is 64.4 Å². The predicted molar refractivity (Wildman–Crippen MR) is 115 cm³/mol. The van der Waals surface area contributed by atoms with Gasteiger partial charge in [-0.1, -0.05) is 42.1 Å². The molecule has 0 radical (unpaired) electrons. The third kappa shape index (κ3) is 3.93. The zero-order valence-corrected chi connectivity index (χ0v) is 17.3. The summed E-state index contributed by atoms with van der Waals surface area (Å²) in [6.45, 7) is 6.15. The van der Waals surface area contributed by atoms with Crippen LogP contribution in [0.25, 0.3) is 16.6 Å². The van der Waals surface area contributed by atoms with Crippen LogP contribution in [0.2, 0.25) is 0 Å². The monoisotopic (exact) mass is 409 g/mol. The maximum Gasteiger partial charge on any atom is 0.266 e. The van der Waals surface area contributed by atoms with Gasteiger partial charge < -0.3 is 9.64 Å². The first-order valence-electron chi connectivity index (χ1n) is 9.67. The number of thioether (sulfide) groups is 1. The van der Waals surface area contributed by atoms with Crippen LogP contribution in [0.3, 0.4) is 0 Å². The lowest BCUT2D eigenvalue weighted by atomic mass is 10.2. The van der Waals surface area contributed by atoms with Crippen LogP contribution in [-0.4, -0.2) is 51.9 Å². The Morgan fingerprint density at radius 2 is 1.79 bits per heavy atom. The molecule has 1 atom stereocenters. The first-order chi connectivity index (χ1) is 14.1. The van der Waals surface area contributed by atoms with E-state index in [0.29, 0.717) is 42.4 Å². The van der Waals surface area contributed by atoms with Gasteiger partial charge in [-0.15, -0.1) is 0 Å². The molecule has 0 N–H and O–H groups in total. The van der Waals surface area contributed by atoms with E-state index in [2.05, 4.69) is 0 Å². The lowest BCUT2D eigenvalue weighted by molar-refractivity contribution is -0.134. The highest BCUT2D eigenvalue weighted by atomic mass is 32.2. The zero-order chi connectivity index (χ0) is 20.4. The quantitative estimate of drug-likeness (QED) is 0.490. The van der Waals surface area contributed by atoms with E-state index >= 15 is 0 Å². The van der Waals surface area contributed by atoms with E-state index in [1.807, 2.05) is 61.2 Å². The van der Waals surface area contributed by atoms with E-state index in [1.54, 1.807) is 10.6 Å². The molecule has 1 fully saturated rings. The maximum absolute atomic E-state index is 13.4. The van der Waals surface area contributed by atoms with Crippen molar-refractivity contribution >= 4 is 28.6 Å². The predicted octanol–water partition coefficient (Wildman–Crippen LogP) is 3.03. The van der Waals surface area contributed by atoms with E-state index in [1.165, 1.54) is 11.8 Å². The Hall–Kier alpha value is -2.64. The molecule has 6 nitrogen and oxygen atoms in total. The topological polar surface area (TPSA) is 64.4 Å². The van der Waals surface area contributed by atoms with Crippen molar-refractivity contribution in [1.82, 2.24) is 14.5 Å². The van der Waals surface area contributed by atoms with Gasteiger partial charge in [-0.2, -0.15) is 0 Å². The van der Waals surface area contributed by atoms with Gasteiger partial charge in [-0.05, 0) is 37.6 Å². The van der Waals surface area contributed by atoms with E-state index in [-0.39, 0.29) is 16.7 Å². The molecule has 7 heteroatoms. The molecule has 0 bridgehead atoms. The number of hydrogen-bond donors (Lipinski definition) is 0. The summed E-state index contributed by atoms with van der Waals surface area (Å²) in [6, 6.07) is 15.0. The number of aryl methyl sites for hydroxylation is 1. The number of fused-ring (bicyclic) bond motifs is 1. The van der Waals surface area contributed by atoms with Crippen molar-refractivity contribution in [1.29, 1.82) is 0 Å². The van der Waals surface area contributed by atoms with Gasteiger partial charge in [0.25, 0.3) is 5.56 Å². The Morgan fingerprint density at radius 1 is 1.10 bits per heavy atom. The summed E-state index contributed by atoms with van der Waals surface area (Å²) in [4.78, 5) is 32.8. The summed E-state index contributed by atoms with van der Waals surface area (Å²) in [7, 11) is 0. The molecule has 0 spiro atoms. The normalized spacial score (nSPS) is 15.4. The highest BCUT2D eigenvalue weighted by Crippen LogP contribution is 2.27. The number of hydrogen-bond acceptors (Lipinski definition) is 5. The molecule has 1 amide bonds. The SMILES string of the molecule is Cc1ccccc1-n1c(SC(C)C(=O)N2CCOCC2)nc2ccccc2c1=O. The zero-order valence-electron chi connectivity index (χ0n) is 16.5. The van der Waals surface area contributed by atoms with E-state index in [4.69, 9.17) is 9.72 Å². The van der Waals surface area contributed by atoms with Crippen molar-refractivity contribution < 1.29 is 9.53 Å². The number of para-hydroxylation sites is 2. The number of ether oxygens (including phenoxy) is 1. The number of aromatic nitrogens is 2. The molecule has 29 heavy (non-hydrogen) atoms. The minimum Gasteiger partial charge on any atom is -0.378 e. The van der Waals surface area contributed by atoms with Crippen LogP contribution in [0.5, 0.6) is 0 Å². The van der Waals surface area contributed by atoms with Crippen LogP contribution >= 0.6 is 11.8 Å². The fourth-order valence-corrected chi connectivity index (χ4v) is 4.47. The number of nitrogens with zero attached hydrogens (tertiary/aromatic N) is 3. The summed E-state index contributed by atoms with van der Waals surface area (Å²) >= 11 is 1.32. The van der Waals surface area contributed by atoms with Crippen molar-refractivity contribution in [3.63, 3.8) is 0 Å². The summed E-state index contributed by atoms with van der Waals surface area (Å²) in [5.74, 6) is 0.0389. The minimum absolute atomic E-state index is 0.0389. The molecule has 4 rings (SSSR count). The molecule has 1 aromatic heterocycles. The summed E-state index contributed by atoms with van der Waals surface area (Å²) in [6.07, 6.45) is 0. The van der Waals surface area contributed by atoms with Crippen LogP contribution in [0.1, 0.15) is 12.5 Å². The second-order valence-electron chi connectivity index (χ2n) is 7.04. The number of amides is 1. The Labute approximate surface area is 173 Å². The van der Waals surface area contributed by atoms with Crippen molar-refractivity contribution in [3.8, 4) is 5.69 Å². The van der Waals surface area contributed by atoms with Crippen molar-refractivity contribution in [2.24, 2.45) is 0 Å². The van der Waals surface area contributed by atoms with E-state index < -0.39 is 0 Å². The average molecular weight is 410 g/mol. The Morgan fingerprint density at radius 3 is 2.55 bits per heavy atom. The van der Waals surface area contributed by atoms with Gasteiger partial charge in [0.1, 0.15) is 0 Å². The van der Waals surface area contributed by atoms with Crippen LogP contribution < -0.4 is 5.56 Å². The standard InChI is InChI=1S/C22H23N3O3S/c1-15-7-3-6-10-19(15)25-21(27)17-8-4-5-9-18(17)23-22(25)29-16(2)20(26)24-11-13-28-14-12-24/h3-10,16H,11-14H2,1-2H3. The molecule has 2 heterocycles. The number of morpholine rings is 1. The van der Waals surface area contributed by atoms with Crippen molar-refractivity contribution in [2.45, 2.75) is 24.3 Å². The molecule has 150 valence electrons. The van der Waals surface area contributed by atoms with Gasteiger partial charge in [-0.25, -0.2) is 4.98 Å². The van der Waals surface area contributed by atoms with Gasteiger partial charge in [0.2, 0.25) is 5.91 Å². The third-order valence-corrected chi connectivity index (χ3v) is 6.09. The van der Waals surface area contributed by atoms with Crippen LogP contribution in [0, 0.1) is 6.92 Å². The fourth-order valence-electron chi connectivity index (χ4n) is 3.47. The molecule has 1 saturated heterocycles. The highest BCUT2D eigenvalue weighted by molar-refractivity contribution is 8.00. The second kappa shape index (κ2) is 8.39. The molecular weight excluding hydrogens is 386 g/mol. The van der Waals surface area contributed by atoms with Gasteiger partial charge in [0, 0.05) is 13.1 Å². The largest absolute Gasteiger partial charge is 0.378 e. The number of carbonyl (C=O) groups is 1. The molecular formula is C22H23N3O3S. The number of carbonyl (C=O) groups excluding carboxylic acids is 1. The lowest BCUT2D eigenvalue weighted by Gasteiger charge is -2.29. The highest BCUT2D eigenvalue weighted by Gasteiger charge is 2.25. The minimum atomic E-state index is -0.364. The average Bonchev–Trinajstić information content (AvgIpc) is 2.75. The Kier molecular flexibility index (Phi) is 5.69. The summed E-state index contributed by atoms with van der Waals surface area (Å²) in [5.41, 5.74) is 2.26. The van der Waals surface area contributed by atoms with E-state index in [0.717, 1.165) is 11.3 Å². The van der Waals surface area contributed by atoms with Crippen molar-refractivity contribution in [2.75, 3.05) is 26.3 Å². The smallest absolute Gasteiger partial charge is 0.266 e. The maximum atomic E-state index is 13.4. The summed E-state index contributed by atoms with van der Waals surface area (Å²) in [5, 5.41) is 0.723. The Bertz CT molecular complexity index is 1110. The number of benzene rings is 2. The molecule has 1 unspecified atom stereocenters. The van der Waals surface area contributed by atoms with Gasteiger partial charge >= 0.3 is 0 Å². The van der Waals surface area contributed by atoms with Crippen LogP contribution in [0.4, 0.5) is 0 Å². The molecule has 1 aliphatic heterocycles. The first-order valence-corrected chi connectivity index (χ1v) is 10.5. The fraction of sp³-hybridized carbons (Fsp3) is 0.318. The molecule has 0 aliphatic carbocycles. The third-order valence-electron chi connectivity index (χ3n) is 5.05. The first kappa shape index (κ1) is 19.7. The van der Waals surface area contributed by atoms with Gasteiger partial charge in [-0.3, -0.25) is 14.2 Å². The van der Waals surface area contributed by atoms with Gasteiger partial charge in [0.15, 0.2) is 5.16 Å². The summed E-state index contributed by atoms with van der Waals surface area (Å²) < 4.78 is 6.97. The molecule has 0 saturated carbocycles. The Balaban J connectivity index is 1.78. The molecule has 3 aromatic rings. The van der Waals surface area contributed by atoms with E-state index in [9.17, 15) is 9.59 Å². The lowest BCUT2D eigenvalue weighted by Crippen LogP contribution is -2.44. The molecule has 1 aliphatic rings. The van der Waals surface area contributed by atoms with Crippen LogP contribution in [0.15, 0.2) is 58.5 Å². The van der Waals surface area contributed by atoms with Gasteiger partial charge in [0.05, 0.1) is 35.1 Å². The molecule has 2 aromatic carbocycles. The number of rotatable bonds is 4. The second-order valence-corrected chi connectivity index (χ2v) is 8.34. The van der Waals surface area contributed by atoms with Crippen LogP contribution in [-0.2, 0) is 9.53 Å².